The Morgan fingerprint density at radius 2 is 2.55 bits per heavy atom. The van der Waals surface area contributed by atoms with Gasteiger partial charge in [0.15, 0.2) is 0 Å². The number of halogens is 2. The van der Waals surface area contributed by atoms with Gasteiger partial charge in [0.1, 0.15) is 5.00 Å². The molecule has 0 radical (unpaired) electrons. The maximum Gasteiger partial charge on any atom is 0.102 e. The Labute approximate surface area is 92.1 Å². The molecule has 1 aromatic heterocycles. The molecule has 2 N–H and O–H groups in total. The van der Waals surface area contributed by atoms with Crippen molar-refractivity contribution in [3.63, 3.8) is 0 Å². The fourth-order valence-electron chi connectivity index (χ4n) is 0.622. The molecule has 6 heteroatoms. The number of rotatable bonds is 3. The van der Waals surface area contributed by atoms with Crippen LogP contribution < -0.4 is 5.09 Å². The predicted octanol–water partition coefficient (Wildman–Crippen LogP) is 3.86. The van der Waals surface area contributed by atoms with E-state index >= 15 is 0 Å². The summed E-state index contributed by atoms with van der Waals surface area (Å²) in [6.45, 7) is 0. The van der Waals surface area contributed by atoms with Crippen LogP contribution in [0.5, 0.6) is 0 Å². The summed E-state index contributed by atoms with van der Waals surface area (Å²) >= 11 is 7.26. The second-order valence-electron chi connectivity index (χ2n) is 1.70. The predicted molar refractivity (Wildman–Crippen MR) is 65.9 cm³/mol. The van der Waals surface area contributed by atoms with Crippen LogP contribution in [-0.2, 0) is 0 Å². The van der Waals surface area contributed by atoms with Crippen molar-refractivity contribution in [3.8, 4) is 0 Å². The number of hydrogen-bond donors (Lipinski definition) is 2. The topological polar surface area (TPSA) is 35.9 Å². The van der Waals surface area contributed by atoms with Crippen molar-refractivity contribution >= 4 is 66.9 Å². The van der Waals surface area contributed by atoms with Gasteiger partial charge in [0.25, 0.3) is 0 Å². The summed E-state index contributed by atoms with van der Waals surface area (Å²) in [5.74, 6) is 0. The first-order chi connectivity index (χ1) is 5.27. The van der Waals surface area contributed by atoms with Crippen LogP contribution in [0.1, 0.15) is 5.56 Å². The molecular formula is C5H5BrIN2PS. The van der Waals surface area contributed by atoms with Crippen LogP contribution in [0.2, 0.25) is 0 Å². The second-order valence-corrected chi connectivity index (χ2v) is 6.19. The Hall–Kier alpha value is 0.810. The fourth-order valence-corrected chi connectivity index (χ4v) is 3.92. The molecule has 60 valence electrons. The summed E-state index contributed by atoms with van der Waals surface area (Å²) < 4.78 is 1.06. The highest BCUT2D eigenvalue weighted by Gasteiger charge is 2.03. The van der Waals surface area contributed by atoms with E-state index in [-0.39, 0.29) is 0 Å². The normalized spacial score (nSPS) is 10.7. The minimum Gasteiger partial charge on any atom is -0.350 e. The molecule has 1 atom stereocenters. The van der Waals surface area contributed by atoms with E-state index in [0.29, 0.717) is 6.37 Å². The van der Waals surface area contributed by atoms with Gasteiger partial charge in [0.2, 0.25) is 0 Å². The molecule has 11 heavy (non-hydrogen) atoms. The van der Waals surface area contributed by atoms with Crippen molar-refractivity contribution in [1.82, 2.24) is 0 Å². The highest BCUT2D eigenvalue weighted by molar-refractivity contribution is 14.2. The molecule has 0 bridgehead atoms. The van der Waals surface area contributed by atoms with Gasteiger partial charge in [-0.3, -0.25) is 0 Å². The van der Waals surface area contributed by atoms with Gasteiger partial charge in [-0.25, -0.2) is 0 Å². The van der Waals surface area contributed by atoms with Crippen molar-refractivity contribution in [3.05, 3.63) is 15.4 Å². The minimum atomic E-state index is 0.654. The summed E-state index contributed by atoms with van der Waals surface area (Å²) in [7, 11) is 0. The molecule has 1 aromatic rings. The van der Waals surface area contributed by atoms with Crippen LogP contribution in [0.4, 0.5) is 5.00 Å². The van der Waals surface area contributed by atoms with E-state index < -0.39 is 0 Å². The average molecular weight is 363 g/mol. The third-order valence-electron chi connectivity index (χ3n) is 1.05. The maximum atomic E-state index is 7.10. The first-order valence-corrected chi connectivity index (χ1v) is 8.41. The minimum absolute atomic E-state index is 0.654. The first-order valence-electron chi connectivity index (χ1n) is 2.69. The molecule has 0 fully saturated rings. The average Bonchev–Trinajstić information content (AvgIpc) is 2.32. The van der Waals surface area contributed by atoms with Crippen LogP contribution in [-0.4, -0.2) is 6.21 Å². The van der Waals surface area contributed by atoms with Gasteiger partial charge in [-0.15, -0.1) is 11.3 Å². The summed E-state index contributed by atoms with van der Waals surface area (Å²) in [6, 6.07) is 1.94. The molecule has 1 heterocycles. The van der Waals surface area contributed by atoms with E-state index in [9.17, 15) is 0 Å². The van der Waals surface area contributed by atoms with Gasteiger partial charge in [0.05, 0.1) is 3.79 Å². The Balaban J connectivity index is 2.92. The number of thiophene rings is 1. The Morgan fingerprint density at radius 3 is 3.09 bits per heavy atom. The highest BCUT2D eigenvalue weighted by atomic mass is 127. The lowest BCUT2D eigenvalue weighted by Gasteiger charge is -1.96. The number of anilines is 1. The number of hydrogen-bond acceptors (Lipinski definition) is 3. The van der Waals surface area contributed by atoms with E-state index in [1.165, 1.54) is 6.21 Å². The van der Waals surface area contributed by atoms with Crippen LogP contribution in [0.15, 0.2) is 9.85 Å². The molecule has 0 aromatic carbocycles. The largest absolute Gasteiger partial charge is 0.350 e. The van der Waals surface area contributed by atoms with Gasteiger partial charge in [-0.1, -0.05) is 0 Å². The molecule has 0 saturated carbocycles. The van der Waals surface area contributed by atoms with E-state index in [1.807, 2.05) is 6.07 Å². The van der Waals surface area contributed by atoms with Crippen LogP contribution in [0.25, 0.3) is 0 Å². The van der Waals surface area contributed by atoms with Gasteiger partial charge >= 0.3 is 0 Å². The summed E-state index contributed by atoms with van der Waals surface area (Å²) in [5.41, 5.74) is 0.950. The first kappa shape index (κ1) is 9.89. The maximum absolute atomic E-state index is 7.10. The quantitative estimate of drug-likeness (QED) is 0.478. The Kier molecular flexibility index (Phi) is 4.27. The van der Waals surface area contributed by atoms with E-state index in [2.05, 4.69) is 43.1 Å². The zero-order chi connectivity index (χ0) is 8.27. The smallest absolute Gasteiger partial charge is 0.102 e. The molecule has 1 unspecified atom stereocenters. The van der Waals surface area contributed by atoms with Crippen molar-refractivity contribution in [2.75, 3.05) is 5.09 Å². The molecule has 0 spiro atoms. The molecule has 0 amide bonds. The summed E-state index contributed by atoms with van der Waals surface area (Å²) in [5, 5.41) is 11.4. The lowest BCUT2D eigenvalue weighted by atomic mass is 10.3. The molecule has 0 aliphatic rings. The zero-order valence-corrected chi connectivity index (χ0v) is 10.9. The Morgan fingerprint density at radius 1 is 1.82 bits per heavy atom. The lowest BCUT2D eigenvalue weighted by Crippen LogP contribution is -1.81. The van der Waals surface area contributed by atoms with Gasteiger partial charge in [-0.05, 0) is 44.0 Å². The van der Waals surface area contributed by atoms with Crippen molar-refractivity contribution < 1.29 is 0 Å². The Bertz CT molecular complexity index is 265. The van der Waals surface area contributed by atoms with Crippen molar-refractivity contribution in [2.45, 2.75) is 0 Å². The van der Waals surface area contributed by atoms with E-state index in [0.717, 1.165) is 14.4 Å². The van der Waals surface area contributed by atoms with Crippen molar-refractivity contribution in [1.29, 1.82) is 5.41 Å². The van der Waals surface area contributed by atoms with Crippen molar-refractivity contribution in [2.24, 2.45) is 0 Å². The van der Waals surface area contributed by atoms with Crippen LogP contribution >= 0.6 is 55.7 Å². The third-order valence-corrected chi connectivity index (χ3v) is 3.95. The fraction of sp³-hybridized carbons (Fsp3) is 0. The molecule has 1 rings (SSSR count). The summed E-state index contributed by atoms with van der Waals surface area (Å²) in [4.78, 5) is 0. The monoisotopic (exact) mass is 362 g/mol. The van der Waals surface area contributed by atoms with E-state index in [1.54, 1.807) is 11.3 Å². The molecule has 0 aliphatic carbocycles. The highest BCUT2D eigenvalue weighted by Crippen LogP contribution is 2.35. The SMILES string of the molecule is N=Cc1cc(Br)sc1NPI. The van der Waals surface area contributed by atoms with E-state index in [4.69, 9.17) is 5.41 Å². The third kappa shape index (κ3) is 2.65. The molecule has 0 saturated heterocycles. The van der Waals surface area contributed by atoms with Gasteiger partial charge in [-0.2, -0.15) is 0 Å². The van der Waals surface area contributed by atoms with Crippen LogP contribution in [0, 0.1) is 5.41 Å². The second kappa shape index (κ2) is 4.74. The van der Waals surface area contributed by atoms with Gasteiger partial charge < -0.3 is 10.5 Å². The lowest BCUT2D eigenvalue weighted by molar-refractivity contribution is 1.56. The summed E-state index contributed by atoms with van der Waals surface area (Å²) in [6.07, 6.45) is 2.02. The zero-order valence-electron chi connectivity index (χ0n) is 5.32. The molecular weight excluding hydrogens is 358 g/mol. The van der Waals surface area contributed by atoms with Crippen LogP contribution in [0.3, 0.4) is 0 Å². The van der Waals surface area contributed by atoms with Gasteiger partial charge in [0, 0.05) is 18.2 Å². The number of nitrogens with one attached hydrogen (secondary N) is 2. The standard InChI is InChI=1S/C5H5BrIN2PS/c6-4-1-3(2-8)5(11-4)9-10-7/h1-2,8-10H. The molecule has 2 nitrogen and oxygen atoms in total. The molecule has 0 aliphatic heterocycles.